The highest BCUT2D eigenvalue weighted by atomic mass is 16.5. The molecule has 2 aliphatic rings. The molecule has 1 atom stereocenters. The van der Waals surface area contributed by atoms with Crippen LogP contribution < -0.4 is 5.73 Å². The van der Waals surface area contributed by atoms with Crippen molar-refractivity contribution in [1.29, 1.82) is 0 Å². The molecular formula is C24H26N4O4. The monoisotopic (exact) mass is 434 g/mol. The second-order valence-corrected chi connectivity index (χ2v) is 8.58. The fraction of sp³-hybridized carbons (Fsp3) is 0.333. The summed E-state index contributed by atoms with van der Waals surface area (Å²) in [6.45, 7) is 2.15. The highest BCUT2D eigenvalue weighted by Gasteiger charge is 2.50. The van der Waals surface area contributed by atoms with E-state index in [0.717, 1.165) is 16.7 Å². The third-order valence-corrected chi connectivity index (χ3v) is 6.34. The van der Waals surface area contributed by atoms with Gasteiger partial charge < -0.3 is 25.4 Å². The van der Waals surface area contributed by atoms with E-state index < -0.39 is 11.8 Å². The average Bonchev–Trinajstić information content (AvgIpc) is 3.44. The molecule has 8 nitrogen and oxygen atoms in total. The minimum absolute atomic E-state index is 0.0253. The highest BCUT2D eigenvalue weighted by Crippen LogP contribution is 2.39. The Bertz CT molecular complexity index is 1120. The van der Waals surface area contributed by atoms with Crippen molar-refractivity contribution in [1.82, 2.24) is 15.0 Å². The summed E-state index contributed by atoms with van der Waals surface area (Å²) in [5.74, 6) is 0.245. The lowest BCUT2D eigenvalue weighted by atomic mass is 10.0. The fourth-order valence-electron chi connectivity index (χ4n) is 4.17. The molecule has 1 saturated carbocycles. The van der Waals surface area contributed by atoms with Crippen LogP contribution in [0.4, 0.5) is 5.88 Å². The van der Waals surface area contributed by atoms with Crippen molar-refractivity contribution in [2.24, 2.45) is 0 Å². The lowest BCUT2D eigenvalue weighted by molar-refractivity contribution is -0.108. The third-order valence-electron chi connectivity index (χ3n) is 6.34. The molecule has 32 heavy (non-hydrogen) atoms. The number of hydrogen-bond donors (Lipinski definition) is 3. The Hall–Kier alpha value is -3.20. The molecule has 2 fully saturated rings. The van der Waals surface area contributed by atoms with Gasteiger partial charge in [0.15, 0.2) is 0 Å². The number of nitrogens with zero attached hydrogens (tertiary/aromatic N) is 3. The summed E-state index contributed by atoms with van der Waals surface area (Å²) in [4.78, 5) is 16.6. The number of hydrogen-bond acceptors (Lipinski definition) is 7. The number of piperazine rings is 1. The number of carbonyl (C=O) groups excluding carboxylic acids is 1. The van der Waals surface area contributed by atoms with Crippen molar-refractivity contribution in [2.45, 2.75) is 24.7 Å². The molecule has 2 heterocycles. The first kappa shape index (κ1) is 20.7. The molecule has 1 aromatic heterocycles. The van der Waals surface area contributed by atoms with E-state index in [9.17, 15) is 15.0 Å². The number of amides is 1. The number of benzene rings is 2. The van der Waals surface area contributed by atoms with Crippen molar-refractivity contribution in [3.8, 4) is 22.4 Å². The molecule has 0 radical (unpaired) electrons. The number of carbonyl (C=O) groups is 1. The van der Waals surface area contributed by atoms with Crippen LogP contribution in [0.1, 0.15) is 23.2 Å². The zero-order valence-corrected chi connectivity index (χ0v) is 17.6. The van der Waals surface area contributed by atoms with Gasteiger partial charge >= 0.3 is 0 Å². The van der Waals surface area contributed by atoms with E-state index in [1.165, 1.54) is 0 Å². The number of aliphatic hydroxyl groups is 2. The van der Waals surface area contributed by atoms with E-state index in [1.807, 2.05) is 53.4 Å². The van der Waals surface area contributed by atoms with Crippen LogP contribution in [0.3, 0.4) is 0 Å². The Morgan fingerprint density at radius 3 is 2.31 bits per heavy atom. The molecule has 8 heteroatoms. The molecule has 1 saturated heterocycles. The normalized spacial score (nSPS) is 19.0. The van der Waals surface area contributed by atoms with Crippen LogP contribution in [0.15, 0.2) is 59.1 Å². The van der Waals surface area contributed by atoms with E-state index >= 15 is 0 Å². The van der Waals surface area contributed by atoms with E-state index in [0.29, 0.717) is 50.3 Å². The summed E-state index contributed by atoms with van der Waals surface area (Å²) in [6.07, 6.45) is 0.424. The Balaban J connectivity index is 1.25. The Kier molecular flexibility index (Phi) is 5.21. The summed E-state index contributed by atoms with van der Waals surface area (Å²) in [7, 11) is 0. The average molecular weight is 434 g/mol. The first-order chi connectivity index (χ1) is 15.4. The molecule has 4 N–H and O–H groups in total. The number of aliphatic hydroxyl groups excluding tert-OH is 1. The van der Waals surface area contributed by atoms with Crippen LogP contribution in [0.5, 0.6) is 0 Å². The Morgan fingerprint density at radius 2 is 1.69 bits per heavy atom. The SMILES string of the molecule is Nc1cc(-c2cccc(-c3ccc(C(=O)N4CCN(C(O)C5(O)CC5)CC4)cc3)c2)no1. The van der Waals surface area contributed by atoms with Gasteiger partial charge in [0, 0.05) is 43.4 Å². The lowest BCUT2D eigenvalue weighted by Crippen LogP contribution is -2.55. The lowest BCUT2D eigenvalue weighted by Gasteiger charge is -2.38. The van der Waals surface area contributed by atoms with E-state index in [1.54, 1.807) is 11.0 Å². The summed E-state index contributed by atoms with van der Waals surface area (Å²) in [5, 5.41) is 24.4. The van der Waals surface area contributed by atoms with Gasteiger partial charge in [-0.1, -0.05) is 35.5 Å². The summed E-state index contributed by atoms with van der Waals surface area (Å²) in [6, 6.07) is 17.1. The van der Waals surface area contributed by atoms with Crippen molar-refractivity contribution < 1.29 is 19.5 Å². The largest absolute Gasteiger partial charge is 0.386 e. The third kappa shape index (κ3) is 4.00. The second-order valence-electron chi connectivity index (χ2n) is 8.58. The van der Waals surface area contributed by atoms with E-state index in [4.69, 9.17) is 10.3 Å². The molecular weight excluding hydrogens is 408 g/mol. The Morgan fingerprint density at radius 1 is 1.00 bits per heavy atom. The highest BCUT2D eigenvalue weighted by molar-refractivity contribution is 5.94. The zero-order chi connectivity index (χ0) is 22.3. The molecule has 5 rings (SSSR count). The van der Waals surface area contributed by atoms with Gasteiger partial charge in [-0.2, -0.15) is 0 Å². The minimum atomic E-state index is -0.959. The van der Waals surface area contributed by atoms with Gasteiger partial charge in [0.25, 0.3) is 5.91 Å². The molecule has 1 aliphatic carbocycles. The summed E-state index contributed by atoms with van der Waals surface area (Å²) < 4.78 is 4.96. The number of nitrogen functional groups attached to an aromatic ring is 1. The predicted octanol–water partition coefficient (Wildman–Crippen LogP) is 2.19. The smallest absolute Gasteiger partial charge is 0.253 e. The number of nitrogens with two attached hydrogens (primary N) is 1. The van der Waals surface area contributed by atoms with E-state index in [-0.39, 0.29) is 11.8 Å². The number of aromatic nitrogens is 1. The molecule has 1 aliphatic heterocycles. The van der Waals surface area contributed by atoms with Gasteiger partial charge in [-0.15, -0.1) is 0 Å². The second kappa shape index (κ2) is 8.05. The standard InChI is InChI=1S/C24H26N4O4/c25-21-15-20(26-32-21)19-3-1-2-18(14-19)16-4-6-17(7-5-16)22(29)27-10-12-28(13-11-27)23(30)24(31)8-9-24/h1-7,14-15,23,30-31H,8-13,25H2. The van der Waals surface area contributed by atoms with Crippen LogP contribution in [0, 0.1) is 0 Å². The van der Waals surface area contributed by atoms with Gasteiger partial charge in [-0.25, -0.2) is 0 Å². The molecule has 1 unspecified atom stereocenters. The molecule has 0 bridgehead atoms. The van der Waals surface area contributed by atoms with Crippen LogP contribution >= 0.6 is 0 Å². The summed E-state index contributed by atoms with van der Waals surface area (Å²) >= 11 is 0. The van der Waals surface area contributed by atoms with Crippen molar-refractivity contribution in [3.05, 3.63) is 60.2 Å². The number of rotatable bonds is 5. The first-order valence-electron chi connectivity index (χ1n) is 10.8. The quantitative estimate of drug-likeness (QED) is 0.564. The maximum absolute atomic E-state index is 12.9. The fourth-order valence-corrected chi connectivity index (χ4v) is 4.17. The predicted molar refractivity (Wildman–Crippen MR) is 119 cm³/mol. The van der Waals surface area contributed by atoms with Gasteiger partial charge in [-0.3, -0.25) is 9.69 Å². The summed E-state index contributed by atoms with van der Waals surface area (Å²) in [5.41, 5.74) is 8.87. The molecule has 2 aromatic carbocycles. The van der Waals surface area contributed by atoms with Gasteiger partial charge in [-0.05, 0) is 42.2 Å². The minimum Gasteiger partial charge on any atom is -0.386 e. The maximum Gasteiger partial charge on any atom is 0.253 e. The van der Waals surface area contributed by atoms with Crippen LogP contribution in [-0.2, 0) is 0 Å². The molecule has 1 amide bonds. The maximum atomic E-state index is 12.9. The van der Waals surface area contributed by atoms with Crippen LogP contribution in [-0.4, -0.2) is 69.1 Å². The van der Waals surface area contributed by atoms with Crippen LogP contribution in [0.25, 0.3) is 22.4 Å². The molecule has 166 valence electrons. The van der Waals surface area contributed by atoms with Crippen molar-refractivity contribution in [3.63, 3.8) is 0 Å². The first-order valence-corrected chi connectivity index (χ1v) is 10.8. The van der Waals surface area contributed by atoms with Gasteiger partial charge in [0.1, 0.15) is 17.5 Å². The Labute approximate surface area is 185 Å². The van der Waals surface area contributed by atoms with Gasteiger partial charge in [0.05, 0.1) is 0 Å². The molecule has 0 spiro atoms. The van der Waals surface area contributed by atoms with Crippen molar-refractivity contribution >= 4 is 11.8 Å². The van der Waals surface area contributed by atoms with E-state index in [2.05, 4.69) is 5.16 Å². The molecule has 3 aromatic rings. The van der Waals surface area contributed by atoms with Crippen LogP contribution in [0.2, 0.25) is 0 Å². The number of anilines is 1. The van der Waals surface area contributed by atoms with Crippen molar-refractivity contribution in [2.75, 3.05) is 31.9 Å². The topological polar surface area (TPSA) is 116 Å². The van der Waals surface area contributed by atoms with Gasteiger partial charge in [0.2, 0.25) is 5.88 Å². The zero-order valence-electron chi connectivity index (χ0n) is 17.6.